The normalized spacial score (nSPS) is 13.2. The number of rotatable bonds is 8. The molecule has 0 saturated carbocycles. The van der Waals surface area contributed by atoms with Crippen LogP contribution in [-0.4, -0.2) is 52.3 Å². The number of hydrogen-bond donors (Lipinski definition) is 6. The van der Waals surface area contributed by atoms with E-state index < -0.39 is 29.9 Å². The van der Waals surface area contributed by atoms with E-state index in [1.165, 1.54) is 0 Å². The lowest BCUT2D eigenvalue weighted by atomic mass is 10.1. The second kappa shape index (κ2) is 8.54. The Balaban J connectivity index is 1.86. The number of nitrogens with two attached hydrogens (primary N) is 1. The number of hydrogen-bond acceptors (Lipinski definition) is 5. The molecular formula is C16H20N4O4S. The molecule has 0 aliphatic carbocycles. The minimum Gasteiger partial charge on any atom is -0.480 e. The fraction of sp³-hybridized carbons (Fsp3) is 0.312. The molecule has 0 fully saturated rings. The fourth-order valence-corrected chi connectivity index (χ4v) is 2.61. The van der Waals surface area contributed by atoms with Gasteiger partial charge in [0.05, 0.1) is 12.6 Å². The third-order valence-corrected chi connectivity index (χ3v) is 4.06. The SMILES string of the molecule is N[C@@H](Cc1c[nH]c2ccccc12)C(=O)NCC(=O)N[C@@H](CS)C(=O)O. The van der Waals surface area contributed by atoms with Crippen LogP contribution in [0.5, 0.6) is 0 Å². The van der Waals surface area contributed by atoms with Crippen molar-refractivity contribution in [2.24, 2.45) is 5.73 Å². The highest BCUT2D eigenvalue weighted by Gasteiger charge is 2.20. The lowest BCUT2D eigenvalue weighted by Gasteiger charge is -2.14. The van der Waals surface area contributed by atoms with Gasteiger partial charge in [0.1, 0.15) is 6.04 Å². The number of para-hydroxylation sites is 1. The zero-order valence-corrected chi connectivity index (χ0v) is 14.3. The summed E-state index contributed by atoms with van der Waals surface area (Å²) in [5.74, 6) is -2.34. The Hall–Kier alpha value is -2.52. The number of carboxylic acid groups (broad SMARTS) is 1. The maximum Gasteiger partial charge on any atom is 0.327 e. The summed E-state index contributed by atoms with van der Waals surface area (Å²) in [6.07, 6.45) is 2.11. The van der Waals surface area contributed by atoms with Gasteiger partial charge in [-0.2, -0.15) is 12.6 Å². The molecule has 0 saturated heterocycles. The van der Waals surface area contributed by atoms with Gasteiger partial charge in [0.25, 0.3) is 0 Å². The number of nitrogens with one attached hydrogen (secondary N) is 3. The average molecular weight is 364 g/mol. The Morgan fingerprint density at radius 3 is 2.68 bits per heavy atom. The van der Waals surface area contributed by atoms with Gasteiger partial charge in [0, 0.05) is 22.9 Å². The number of amides is 2. The second-order valence-corrected chi connectivity index (χ2v) is 5.89. The average Bonchev–Trinajstić information content (AvgIpc) is 3.00. The number of thiol groups is 1. The number of carbonyl (C=O) groups is 3. The monoisotopic (exact) mass is 364 g/mol. The minimum atomic E-state index is -1.19. The smallest absolute Gasteiger partial charge is 0.327 e. The van der Waals surface area contributed by atoms with Crippen molar-refractivity contribution in [2.75, 3.05) is 12.3 Å². The third kappa shape index (κ3) is 4.97. The van der Waals surface area contributed by atoms with E-state index in [1.807, 2.05) is 24.3 Å². The van der Waals surface area contributed by atoms with Crippen molar-refractivity contribution >= 4 is 41.3 Å². The van der Waals surface area contributed by atoms with Gasteiger partial charge in [-0.15, -0.1) is 0 Å². The standard InChI is InChI=1S/C16H20N4O4S/c17-11(5-9-6-18-12-4-2-1-3-10(9)12)15(22)19-7-14(21)20-13(8-25)16(23)24/h1-4,6,11,13,18,25H,5,7-8,17H2,(H,19,22)(H,20,21)(H,23,24)/t11-,13-/m0/s1. The molecule has 0 spiro atoms. The van der Waals surface area contributed by atoms with Gasteiger partial charge in [-0.3, -0.25) is 9.59 Å². The highest BCUT2D eigenvalue weighted by Crippen LogP contribution is 2.18. The van der Waals surface area contributed by atoms with E-state index in [0.717, 1.165) is 16.5 Å². The quantitative estimate of drug-likeness (QED) is 0.356. The Morgan fingerprint density at radius 1 is 1.28 bits per heavy atom. The number of fused-ring (bicyclic) bond motifs is 1. The first-order valence-corrected chi connectivity index (χ1v) is 8.27. The van der Waals surface area contributed by atoms with Crippen molar-refractivity contribution in [2.45, 2.75) is 18.5 Å². The predicted molar refractivity (Wildman–Crippen MR) is 96.4 cm³/mol. The number of benzene rings is 1. The van der Waals surface area contributed by atoms with Crippen molar-refractivity contribution in [3.05, 3.63) is 36.0 Å². The molecule has 2 aromatic rings. The van der Waals surface area contributed by atoms with Crippen molar-refractivity contribution in [3.8, 4) is 0 Å². The van der Waals surface area contributed by atoms with E-state index in [4.69, 9.17) is 10.8 Å². The summed E-state index contributed by atoms with van der Waals surface area (Å²) in [7, 11) is 0. The van der Waals surface area contributed by atoms with Gasteiger partial charge in [0.2, 0.25) is 11.8 Å². The first kappa shape index (κ1) is 18.8. The van der Waals surface area contributed by atoms with E-state index in [2.05, 4.69) is 28.2 Å². The van der Waals surface area contributed by atoms with Crippen LogP contribution < -0.4 is 16.4 Å². The molecule has 25 heavy (non-hydrogen) atoms. The summed E-state index contributed by atoms with van der Waals surface area (Å²) in [6.45, 7) is -0.349. The predicted octanol–water partition coefficient (Wildman–Crippen LogP) is -0.347. The summed E-state index contributed by atoms with van der Waals surface area (Å²) in [5.41, 5.74) is 7.76. The molecular weight excluding hydrogens is 344 g/mol. The maximum absolute atomic E-state index is 12.0. The van der Waals surface area contributed by atoms with Crippen molar-refractivity contribution in [3.63, 3.8) is 0 Å². The number of carbonyl (C=O) groups excluding carboxylic acids is 2. The molecule has 2 rings (SSSR count). The molecule has 6 N–H and O–H groups in total. The maximum atomic E-state index is 12.0. The van der Waals surface area contributed by atoms with E-state index >= 15 is 0 Å². The van der Waals surface area contributed by atoms with Gasteiger partial charge in [-0.1, -0.05) is 18.2 Å². The number of carboxylic acids is 1. The van der Waals surface area contributed by atoms with Crippen LogP contribution in [0.15, 0.2) is 30.5 Å². The van der Waals surface area contributed by atoms with Gasteiger partial charge in [0.15, 0.2) is 0 Å². The Bertz CT molecular complexity index is 776. The number of aliphatic carboxylic acids is 1. The highest BCUT2D eigenvalue weighted by atomic mass is 32.1. The van der Waals surface area contributed by atoms with Crippen LogP contribution in [0.25, 0.3) is 10.9 Å². The summed E-state index contributed by atoms with van der Waals surface area (Å²) in [6, 6.07) is 5.73. The molecule has 0 bridgehead atoms. The van der Waals surface area contributed by atoms with Gasteiger partial charge < -0.3 is 26.5 Å². The van der Waals surface area contributed by atoms with Crippen LogP contribution in [0, 0.1) is 0 Å². The van der Waals surface area contributed by atoms with E-state index in [9.17, 15) is 14.4 Å². The van der Waals surface area contributed by atoms with Crippen LogP contribution in [0.3, 0.4) is 0 Å². The lowest BCUT2D eigenvalue weighted by molar-refractivity contribution is -0.141. The summed E-state index contributed by atoms with van der Waals surface area (Å²) in [5, 5.41) is 14.5. The number of aromatic amines is 1. The third-order valence-electron chi connectivity index (χ3n) is 3.69. The molecule has 134 valence electrons. The van der Waals surface area contributed by atoms with Crippen molar-refractivity contribution in [1.82, 2.24) is 15.6 Å². The van der Waals surface area contributed by atoms with E-state index in [1.54, 1.807) is 6.20 Å². The van der Waals surface area contributed by atoms with Gasteiger partial charge in [-0.25, -0.2) is 4.79 Å². The summed E-state index contributed by atoms with van der Waals surface area (Å²) >= 11 is 3.84. The molecule has 0 radical (unpaired) electrons. The van der Waals surface area contributed by atoms with E-state index in [0.29, 0.717) is 6.42 Å². The van der Waals surface area contributed by atoms with Crippen LogP contribution in [0.1, 0.15) is 5.56 Å². The highest BCUT2D eigenvalue weighted by molar-refractivity contribution is 7.80. The van der Waals surface area contributed by atoms with Crippen LogP contribution >= 0.6 is 12.6 Å². The van der Waals surface area contributed by atoms with Crippen molar-refractivity contribution in [1.29, 1.82) is 0 Å². The lowest BCUT2D eigenvalue weighted by Crippen LogP contribution is -2.49. The Labute approximate surface area is 149 Å². The van der Waals surface area contributed by atoms with E-state index in [-0.39, 0.29) is 12.3 Å². The topological polar surface area (TPSA) is 137 Å². The minimum absolute atomic E-state index is 0.0465. The largest absolute Gasteiger partial charge is 0.480 e. The molecule has 8 nitrogen and oxygen atoms in total. The summed E-state index contributed by atoms with van der Waals surface area (Å²) in [4.78, 5) is 37.6. The first-order chi connectivity index (χ1) is 11.9. The Morgan fingerprint density at radius 2 is 2.00 bits per heavy atom. The molecule has 1 heterocycles. The molecule has 0 unspecified atom stereocenters. The molecule has 1 aromatic heterocycles. The zero-order chi connectivity index (χ0) is 18.4. The molecule has 2 atom stereocenters. The fourth-order valence-electron chi connectivity index (χ4n) is 2.36. The molecule has 1 aromatic carbocycles. The molecule has 0 aliphatic heterocycles. The number of H-pyrrole nitrogens is 1. The number of aromatic nitrogens is 1. The van der Waals surface area contributed by atoms with Crippen LogP contribution in [0.4, 0.5) is 0 Å². The first-order valence-electron chi connectivity index (χ1n) is 7.63. The van der Waals surface area contributed by atoms with Crippen LogP contribution in [-0.2, 0) is 20.8 Å². The molecule has 2 amide bonds. The second-order valence-electron chi connectivity index (χ2n) is 5.53. The zero-order valence-electron chi connectivity index (χ0n) is 13.4. The summed E-state index contributed by atoms with van der Waals surface area (Å²) < 4.78 is 0. The molecule has 0 aliphatic rings. The van der Waals surface area contributed by atoms with Gasteiger partial charge in [-0.05, 0) is 18.1 Å². The molecule has 9 heteroatoms. The van der Waals surface area contributed by atoms with Crippen LogP contribution in [0.2, 0.25) is 0 Å². The Kier molecular flexibility index (Phi) is 6.43. The van der Waals surface area contributed by atoms with Crippen molar-refractivity contribution < 1.29 is 19.5 Å². The van der Waals surface area contributed by atoms with Gasteiger partial charge >= 0.3 is 5.97 Å².